The molecule has 0 saturated carbocycles. The number of hydrogen-bond donors (Lipinski definition) is 3. The average molecular weight is 364 g/mol. The first-order valence-corrected chi connectivity index (χ1v) is 8.91. The minimum absolute atomic E-state index is 0.0140. The Morgan fingerprint density at radius 1 is 1.12 bits per heavy atom. The minimum atomic E-state index is -0.753. The zero-order valence-electron chi connectivity index (χ0n) is 15.6. The third kappa shape index (κ3) is 7.96. The predicted octanol–water partition coefficient (Wildman–Crippen LogP) is 2.52. The fourth-order valence-corrected chi connectivity index (χ4v) is 2.37. The van der Waals surface area contributed by atoms with Gasteiger partial charge in [0.25, 0.3) is 5.69 Å². The lowest BCUT2D eigenvalue weighted by Crippen LogP contribution is -2.52. The van der Waals surface area contributed by atoms with Crippen LogP contribution in [0.4, 0.5) is 10.5 Å². The predicted molar refractivity (Wildman–Crippen MR) is 99.9 cm³/mol. The topological polar surface area (TPSA) is 113 Å². The number of hydrogen-bond acceptors (Lipinski definition) is 4. The maximum Gasteiger partial charge on any atom is 0.315 e. The lowest BCUT2D eigenvalue weighted by atomic mass is 10.0. The number of amides is 3. The fourth-order valence-electron chi connectivity index (χ4n) is 2.37. The molecule has 144 valence electrons. The van der Waals surface area contributed by atoms with E-state index >= 15 is 0 Å². The molecule has 0 radical (unpaired) electrons. The molecule has 3 N–H and O–H groups in total. The molecule has 3 amide bonds. The van der Waals surface area contributed by atoms with Crippen molar-refractivity contribution in [2.75, 3.05) is 6.54 Å². The molecule has 0 saturated heterocycles. The van der Waals surface area contributed by atoms with Crippen LogP contribution in [0.2, 0.25) is 0 Å². The molecule has 1 unspecified atom stereocenters. The summed E-state index contributed by atoms with van der Waals surface area (Å²) in [4.78, 5) is 34.7. The van der Waals surface area contributed by atoms with Crippen LogP contribution in [0.25, 0.3) is 0 Å². The van der Waals surface area contributed by atoms with Crippen LogP contribution in [0, 0.1) is 10.1 Å². The summed E-state index contributed by atoms with van der Waals surface area (Å²) in [5.74, 6) is -0.265. The molecular formula is C18H28N4O4. The Bertz CT molecular complexity index is 602. The highest BCUT2D eigenvalue weighted by atomic mass is 16.6. The van der Waals surface area contributed by atoms with E-state index in [1.54, 1.807) is 12.1 Å². The van der Waals surface area contributed by atoms with Gasteiger partial charge in [0.05, 0.1) is 4.92 Å². The Labute approximate surface area is 153 Å². The van der Waals surface area contributed by atoms with Crippen molar-refractivity contribution in [3.63, 3.8) is 0 Å². The van der Waals surface area contributed by atoms with E-state index in [2.05, 4.69) is 22.9 Å². The van der Waals surface area contributed by atoms with Crippen LogP contribution in [-0.4, -0.2) is 35.5 Å². The quantitative estimate of drug-likeness (QED) is 0.336. The third-order valence-electron chi connectivity index (χ3n) is 3.71. The Morgan fingerprint density at radius 3 is 2.31 bits per heavy atom. The Morgan fingerprint density at radius 2 is 1.77 bits per heavy atom. The highest BCUT2D eigenvalue weighted by Gasteiger charge is 2.21. The first-order valence-electron chi connectivity index (χ1n) is 8.91. The maximum absolute atomic E-state index is 12.4. The summed E-state index contributed by atoms with van der Waals surface area (Å²) in [7, 11) is 0. The van der Waals surface area contributed by atoms with Crippen LogP contribution in [0.3, 0.4) is 0 Å². The molecule has 1 atom stereocenters. The van der Waals surface area contributed by atoms with Crippen molar-refractivity contribution in [2.45, 2.75) is 58.5 Å². The standard InChI is InChI=1S/C18H28N4O4/c1-4-5-6-11-19-17(23)16(21-18(24)20-13(2)3)12-14-7-9-15(10-8-14)22(25)26/h7-10,13,16H,4-6,11-12H2,1-3H3,(H,19,23)(H2,20,21,24). The van der Waals surface area contributed by atoms with Crippen molar-refractivity contribution in [1.29, 1.82) is 0 Å². The maximum atomic E-state index is 12.4. The van der Waals surface area contributed by atoms with E-state index in [4.69, 9.17) is 0 Å². The van der Waals surface area contributed by atoms with E-state index in [9.17, 15) is 19.7 Å². The molecule has 0 bridgehead atoms. The minimum Gasteiger partial charge on any atom is -0.354 e. The molecule has 0 aliphatic carbocycles. The second-order valence-corrected chi connectivity index (χ2v) is 6.45. The highest BCUT2D eigenvalue weighted by Crippen LogP contribution is 2.13. The number of carbonyl (C=O) groups excluding carboxylic acids is 2. The normalized spacial score (nSPS) is 11.7. The number of nitro groups is 1. The van der Waals surface area contributed by atoms with Crippen LogP contribution in [-0.2, 0) is 11.2 Å². The smallest absolute Gasteiger partial charge is 0.315 e. The van der Waals surface area contributed by atoms with Gasteiger partial charge >= 0.3 is 6.03 Å². The van der Waals surface area contributed by atoms with Crippen molar-refractivity contribution in [3.05, 3.63) is 39.9 Å². The molecule has 1 aromatic rings. The van der Waals surface area contributed by atoms with Crippen molar-refractivity contribution < 1.29 is 14.5 Å². The first kappa shape index (κ1) is 21.4. The molecule has 0 aromatic heterocycles. The fraction of sp³-hybridized carbons (Fsp3) is 0.556. The summed E-state index contributed by atoms with van der Waals surface area (Å²) < 4.78 is 0. The number of nitro benzene ring substituents is 1. The zero-order valence-corrected chi connectivity index (χ0v) is 15.6. The van der Waals surface area contributed by atoms with E-state index in [0.717, 1.165) is 24.8 Å². The number of benzene rings is 1. The zero-order chi connectivity index (χ0) is 19.5. The summed E-state index contributed by atoms with van der Waals surface area (Å²) in [5, 5.41) is 18.9. The monoisotopic (exact) mass is 364 g/mol. The van der Waals surface area contributed by atoms with Gasteiger partial charge in [-0.05, 0) is 25.8 Å². The average Bonchev–Trinajstić information content (AvgIpc) is 2.57. The molecule has 0 heterocycles. The van der Waals surface area contributed by atoms with E-state index in [-0.39, 0.29) is 24.1 Å². The summed E-state index contributed by atoms with van der Waals surface area (Å²) in [6, 6.07) is 4.74. The molecule has 0 aliphatic heterocycles. The van der Waals surface area contributed by atoms with E-state index in [1.807, 2.05) is 13.8 Å². The summed E-state index contributed by atoms with van der Waals surface area (Å²) in [6.45, 7) is 6.29. The van der Waals surface area contributed by atoms with Crippen molar-refractivity contribution in [1.82, 2.24) is 16.0 Å². The van der Waals surface area contributed by atoms with Gasteiger partial charge in [0.15, 0.2) is 0 Å². The molecule has 0 spiro atoms. The van der Waals surface area contributed by atoms with Gasteiger partial charge in [0.1, 0.15) is 6.04 Å². The molecule has 1 aromatic carbocycles. The van der Waals surface area contributed by atoms with Crippen LogP contribution in [0.5, 0.6) is 0 Å². The molecule has 0 aliphatic rings. The molecule has 8 heteroatoms. The third-order valence-corrected chi connectivity index (χ3v) is 3.71. The van der Waals surface area contributed by atoms with E-state index < -0.39 is 17.0 Å². The molecule has 26 heavy (non-hydrogen) atoms. The van der Waals surface area contributed by atoms with Gasteiger partial charge in [-0.15, -0.1) is 0 Å². The van der Waals surface area contributed by atoms with Gasteiger partial charge < -0.3 is 16.0 Å². The molecule has 0 fully saturated rings. The first-order chi connectivity index (χ1) is 12.3. The number of rotatable bonds is 10. The lowest BCUT2D eigenvalue weighted by Gasteiger charge is -2.20. The van der Waals surface area contributed by atoms with E-state index in [0.29, 0.717) is 6.54 Å². The molecule has 8 nitrogen and oxygen atoms in total. The van der Waals surface area contributed by atoms with Gasteiger partial charge in [0.2, 0.25) is 5.91 Å². The SMILES string of the molecule is CCCCCNC(=O)C(Cc1ccc([N+](=O)[O-])cc1)NC(=O)NC(C)C. The van der Waals surface area contributed by atoms with Gasteiger partial charge in [-0.25, -0.2) is 4.79 Å². The highest BCUT2D eigenvalue weighted by molar-refractivity contribution is 5.87. The summed E-state index contributed by atoms with van der Waals surface area (Å²) >= 11 is 0. The largest absolute Gasteiger partial charge is 0.354 e. The molecular weight excluding hydrogens is 336 g/mol. The Kier molecular flexibility index (Phi) is 9.11. The van der Waals surface area contributed by atoms with Crippen LogP contribution < -0.4 is 16.0 Å². The number of urea groups is 1. The number of unbranched alkanes of at least 4 members (excludes halogenated alkanes) is 2. The number of nitrogens with zero attached hydrogens (tertiary/aromatic N) is 1. The van der Waals surface area contributed by atoms with E-state index in [1.165, 1.54) is 12.1 Å². The Hall–Kier alpha value is -2.64. The number of non-ortho nitro benzene ring substituents is 1. The van der Waals surface area contributed by atoms with Gasteiger partial charge in [-0.3, -0.25) is 14.9 Å². The van der Waals surface area contributed by atoms with Crippen molar-refractivity contribution in [2.24, 2.45) is 0 Å². The van der Waals surface area contributed by atoms with Crippen molar-refractivity contribution in [3.8, 4) is 0 Å². The van der Waals surface area contributed by atoms with Crippen LogP contribution in [0.1, 0.15) is 45.6 Å². The van der Waals surface area contributed by atoms with Gasteiger partial charge in [-0.1, -0.05) is 31.9 Å². The van der Waals surface area contributed by atoms with Crippen LogP contribution >= 0.6 is 0 Å². The number of nitrogens with one attached hydrogen (secondary N) is 3. The van der Waals surface area contributed by atoms with Crippen molar-refractivity contribution >= 4 is 17.6 Å². The van der Waals surface area contributed by atoms with Crippen LogP contribution in [0.15, 0.2) is 24.3 Å². The van der Waals surface area contributed by atoms with Gasteiger partial charge in [0, 0.05) is 31.1 Å². The molecule has 1 rings (SSSR count). The second kappa shape index (κ2) is 11.1. The van der Waals surface area contributed by atoms with Gasteiger partial charge in [-0.2, -0.15) is 0 Å². The lowest BCUT2D eigenvalue weighted by molar-refractivity contribution is -0.384. The Balaban J connectivity index is 2.76. The second-order valence-electron chi connectivity index (χ2n) is 6.45. The summed E-state index contributed by atoms with van der Waals surface area (Å²) in [6.07, 6.45) is 3.21. The summed E-state index contributed by atoms with van der Waals surface area (Å²) in [5.41, 5.74) is 0.717. The number of carbonyl (C=O) groups is 2.